The van der Waals surface area contributed by atoms with E-state index in [-0.39, 0.29) is 5.69 Å². The molecule has 2 atom stereocenters. The smallest absolute Gasteiger partial charge is 0.326 e. The number of rotatable bonds is 6. The van der Waals surface area contributed by atoms with E-state index in [0.29, 0.717) is 24.1 Å². The number of carbonyl (C=O) groups is 4. The van der Waals surface area contributed by atoms with Gasteiger partial charge >= 0.3 is 5.97 Å². The maximum absolute atomic E-state index is 12.3. The zero-order valence-electron chi connectivity index (χ0n) is 15.6. The van der Waals surface area contributed by atoms with Crippen molar-refractivity contribution in [3.8, 4) is 0 Å². The predicted molar refractivity (Wildman–Crippen MR) is 99.5 cm³/mol. The fourth-order valence-corrected chi connectivity index (χ4v) is 3.43. The molecule has 0 spiro atoms. The van der Waals surface area contributed by atoms with E-state index < -0.39 is 53.6 Å². The van der Waals surface area contributed by atoms with Crippen molar-refractivity contribution < 1.29 is 28.8 Å². The van der Waals surface area contributed by atoms with Crippen molar-refractivity contribution in [2.45, 2.75) is 19.8 Å². The Balaban J connectivity index is 1.51. The average Bonchev–Trinajstić information content (AvgIpc) is 2.93. The van der Waals surface area contributed by atoms with Crippen LogP contribution in [-0.2, 0) is 23.9 Å². The number of allylic oxidation sites excluding steroid dienone is 2. The van der Waals surface area contributed by atoms with Crippen LogP contribution in [0.3, 0.4) is 0 Å². The van der Waals surface area contributed by atoms with Gasteiger partial charge < -0.3 is 10.1 Å². The SMILES string of the molecule is Cc1cc([N+](=O)[O-])ccc1NC(=O)COC(=O)CN1C(=O)[C@H]2CC=CC[C@H]2C1=O. The molecule has 1 heterocycles. The Labute approximate surface area is 165 Å². The summed E-state index contributed by atoms with van der Waals surface area (Å²) < 4.78 is 4.87. The third-order valence-corrected chi connectivity index (χ3v) is 4.95. The molecule has 29 heavy (non-hydrogen) atoms. The summed E-state index contributed by atoms with van der Waals surface area (Å²) in [6.45, 7) is 0.446. The minimum atomic E-state index is -0.867. The monoisotopic (exact) mass is 401 g/mol. The Morgan fingerprint density at radius 3 is 2.38 bits per heavy atom. The maximum Gasteiger partial charge on any atom is 0.326 e. The van der Waals surface area contributed by atoms with Crippen molar-refractivity contribution >= 4 is 35.1 Å². The third-order valence-electron chi connectivity index (χ3n) is 4.95. The van der Waals surface area contributed by atoms with Crippen molar-refractivity contribution in [3.05, 3.63) is 46.0 Å². The minimum absolute atomic E-state index is 0.109. The molecule has 0 bridgehead atoms. The standard InChI is InChI=1S/C19H19N3O7/c1-11-8-12(22(27)28)6-7-15(11)20-16(23)10-29-17(24)9-21-18(25)13-4-2-3-5-14(13)19(21)26/h2-3,6-8,13-14H,4-5,9-10H2,1H3,(H,20,23)/t13-,14+. The first-order valence-corrected chi connectivity index (χ1v) is 8.98. The van der Waals surface area contributed by atoms with Crippen molar-refractivity contribution in [2.24, 2.45) is 11.8 Å². The highest BCUT2D eigenvalue weighted by Gasteiger charge is 2.47. The zero-order valence-corrected chi connectivity index (χ0v) is 15.6. The van der Waals surface area contributed by atoms with Gasteiger partial charge in [0.05, 0.1) is 16.8 Å². The second-order valence-corrected chi connectivity index (χ2v) is 6.88. The Bertz CT molecular complexity index is 898. The van der Waals surface area contributed by atoms with Gasteiger partial charge in [0.25, 0.3) is 11.6 Å². The Hall–Kier alpha value is -3.56. The lowest BCUT2D eigenvalue weighted by Crippen LogP contribution is -2.37. The van der Waals surface area contributed by atoms with Gasteiger partial charge in [-0.15, -0.1) is 0 Å². The zero-order chi connectivity index (χ0) is 21.1. The first-order chi connectivity index (χ1) is 13.8. The maximum atomic E-state index is 12.3. The second-order valence-electron chi connectivity index (χ2n) is 6.88. The number of hydrogen-bond donors (Lipinski definition) is 1. The molecular formula is C19H19N3O7. The van der Waals surface area contributed by atoms with Gasteiger partial charge in [-0.2, -0.15) is 0 Å². The van der Waals surface area contributed by atoms with Crippen LogP contribution >= 0.6 is 0 Å². The summed E-state index contributed by atoms with van der Waals surface area (Å²) in [6, 6.07) is 3.93. The van der Waals surface area contributed by atoms with Crippen LogP contribution in [0.25, 0.3) is 0 Å². The molecule has 1 aliphatic carbocycles. The van der Waals surface area contributed by atoms with Gasteiger partial charge in [-0.25, -0.2) is 0 Å². The van der Waals surface area contributed by atoms with Crippen molar-refractivity contribution in [1.29, 1.82) is 0 Å². The molecule has 0 radical (unpaired) electrons. The van der Waals surface area contributed by atoms with Crippen LogP contribution in [0.1, 0.15) is 18.4 Å². The summed E-state index contributed by atoms with van der Waals surface area (Å²) >= 11 is 0. The number of ether oxygens (including phenoxy) is 1. The highest BCUT2D eigenvalue weighted by Crippen LogP contribution is 2.34. The molecule has 0 unspecified atom stereocenters. The number of aryl methyl sites for hydroxylation is 1. The minimum Gasteiger partial charge on any atom is -0.454 e. The number of imide groups is 1. The van der Waals surface area contributed by atoms with E-state index >= 15 is 0 Å². The number of hydrogen-bond acceptors (Lipinski definition) is 7. The molecule has 1 aliphatic heterocycles. The topological polar surface area (TPSA) is 136 Å². The number of non-ortho nitro benzene ring substituents is 1. The number of carbonyl (C=O) groups excluding carboxylic acids is 4. The predicted octanol–water partition coefficient (Wildman–Crippen LogP) is 1.34. The molecule has 0 aromatic heterocycles. The van der Waals surface area contributed by atoms with Crippen LogP contribution < -0.4 is 5.32 Å². The number of benzene rings is 1. The molecule has 152 valence electrons. The average molecular weight is 401 g/mol. The van der Waals surface area contributed by atoms with Crippen molar-refractivity contribution in [2.75, 3.05) is 18.5 Å². The number of likely N-dealkylation sites (tertiary alicyclic amines) is 1. The molecule has 3 rings (SSSR count). The van der Waals surface area contributed by atoms with Gasteiger partial charge in [0, 0.05) is 17.8 Å². The van der Waals surface area contributed by atoms with Crippen molar-refractivity contribution in [3.63, 3.8) is 0 Å². The molecule has 1 aromatic rings. The number of anilines is 1. The molecule has 3 amide bonds. The van der Waals surface area contributed by atoms with Crippen LogP contribution in [-0.4, -0.2) is 46.7 Å². The van der Waals surface area contributed by atoms with E-state index in [9.17, 15) is 29.3 Å². The molecule has 10 heteroatoms. The Morgan fingerprint density at radius 1 is 1.21 bits per heavy atom. The molecule has 0 saturated carbocycles. The number of fused-ring (bicyclic) bond motifs is 1. The molecule has 10 nitrogen and oxygen atoms in total. The summed E-state index contributed by atoms with van der Waals surface area (Å²) in [5.74, 6) is -3.18. The summed E-state index contributed by atoms with van der Waals surface area (Å²) in [4.78, 5) is 59.7. The Kier molecular flexibility index (Phi) is 5.71. The van der Waals surface area contributed by atoms with E-state index in [0.717, 1.165) is 4.90 Å². The summed E-state index contributed by atoms with van der Waals surface area (Å²) in [5.41, 5.74) is 0.712. The lowest BCUT2D eigenvalue weighted by Gasteiger charge is -2.14. The lowest BCUT2D eigenvalue weighted by molar-refractivity contribution is -0.384. The normalized spacial score (nSPS) is 20.4. The number of nitro benzene ring substituents is 1. The van der Waals surface area contributed by atoms with Crippen molar-refractivity contribution in [1.82, 2.24) is 4.90 Å². The summed E-state index contributed by atoms with van der Waals surface area (Å²) in [5, 5.41) is 13.2. The van der Waals surface area contributed by atoms with Crippen LogP contribution in [0.2, 0.25) is 0 Å². The number of amides is 3. The number of esters is 1. The number of nitrogens with zero attached hydrogens (tertiary/aromatic N) is 2. The van der Waals surface area contributed by atoms with Gasteiger partial charge in [0.2, 0.25) is 11.8 Å². The van der Waals surface area contributed by atoms with Crippen LogP contribution in [0.4, 0.5) is 11.4 Å². The van der Waals surface area contributed by atoms with E-state index in [1.54, 1.807) is 6.92 Å². The van der Waals surface area contributed by atoms with Gasteiger partial charge in [-0.05, 0) is 31.4 Å². The van der Waals surface area contributed by atoms with Gasteiger partial charge in [0.15, 0.2) is 6.61 Å². The number of nitrogens with one attached hydrogen (secondary N) is 1. The quantitative estimate of drug-likeness (QED) is 0.250. The van der Waals surface area contributed by atoms with E-state index in [2.05, 4.69) is 5.32 Å². The highest BCUT2D eigenvalue weighted by atomic mass is 16.6. The van der Waals surface area contributed by atoms with Gasteiger partial charge in [0.1, 0.15) is 6.54 Å². The first-order valence-electron chi connectivity index (χ1n) is 8.98. The van der Waals surface area contributed by atoms with Crippen LogP contribution in [0, 0.1) is 28.9 Å². The fraction of sp³-hybridized carbons (Fsp3) is 0.368. The largest absolute Gasteiger partial charge is 0.454 e. The van der Waals surface area contributed by atoms with E-state index in [1.165, 1.54) is 18.2 Å². The number of nitro groups is 1. The van der Waals surface area contributed by atoms with E-state index in [4.69, 9.17) is 4.74 Å². The molecule has 1 aromatic carbocycles. The summed E-state index contributed by atoms with van der Waals surface area (Å²) in [6.07, 6.45) is 4.63. The first kappa shape index (κ1) is 20.2. The molecule has 2 aliphatic rings. The molecule has 1 N–H and O–H groups in total. The molecular weight excluding hydrogens is 382 g/mol. The molecule has 1 fully saturated rings. The van der Waals surface area contributed by atoms with Gasteiger partial charge in [-0.3, -0.25) is 34.2 Å². The third kappa shape index (κ3) is 4.31. The second kappa shape index (κ2) is 8.21. The van der Waals surface area contributed by atoms with Crippen LogP contribution in [0.5, 0.6) is 0 Å². The van der Waals surface area contributed by atoms with E-state index in [1.807, 2.05) is 12.2 Å². The molecule has 1 saturated heterocycles. The lowest BCUT2D eigenvalue weighted by atomic mass is 9.85. The Morgan fingerprint density at radius 2 is 1.83 bits per heavy atom. The highest BCUT2D eigenvalue weighted by molar-refractivity contribution is 6.07. The van der Waals surface area contributed by atoms with Crippen LogP contribution in [0.15, 0.2) is 30.4 Å². The van der Waals surface area contributed by atoms with Gasteiger partial charge in [-0.1, -0.05) is 12.2 Å². The fourth-order valence-electron chi connectivity index (χ4n) is 3.43. The summed E-state index contributed by atoms with van der Waals surface area (Å²) in [7, 11) is 0.